The first-order valence-electron chi connectivity index (χ1n) is 6.99. The van der Waals surface area contributed by atoms with Crippen molar-refractivity contribution in [1.82, 2.24) is 4.90 Å². The molecule has 0 bridgehead atoms. The summed E-state index contributed by atoms with van der Waals surface area (Å²) in [6, 6.07) is 7.74. The molecule has 3 N–H and O–H groups in total. The summed E-state index contributed by atoms with van der Waals surface area (Å²) >= 11 is 0. The number of ether oxygens (including phenoxy) is 2. The molecule has 0 aliphatic carbocycles. The van der Waals surface area contributed by atoms with Crippen molar-refractivity contribution in [1.29, 1.82) is 5.41 Å². The van der Waals surface area contributed by atoms with Gasteiger partial charge in [0, 0.05) is 24.7 Å². The topological polar surface area (TPSA) is 71.6 Å². The molecule has 5 heteroatoms. The summed E-state index contributed by atoms with van der Waals surface area (Å²) in [7, 11) is 0. The predicted molar refractivity (Wildman–Crippen MR) is 79.4 cm³/mol. The van der Waals surface area contributed by atoms with Crippen molar-refractivity contribution in [2.24, 2.45) is 5.73 Å². The molecule has 0 spiro atoms. The van der Waals surface area contributed by atoms with Gasteiger partial charge in [0.25, 0.3) is 0 Å². The third kappa shape index (κ3) is 3.95. The molecular formula is C15H23N3O2. The van der Waals surface area contributed by atoms with Crippen LogP contribution in [0.2, 0.25) is 0 Å². The van der Waals surface area contributed by atoms with Gasteiger partial charge in [-0.2, -0.15) is 0 Å². The van der Waals surface area contributed by atoms with E-state index in [1.807, 2.05) is 12.1 Å². The quantitative estimate of drug-likeness (QED) is 0.631. The molecule has 2 atom stereocenters. The Balaban J connectivity index is 1.79. The fraction of sp³-hybridized carbons (Fsp3) is 0.533. The molecule has 1 aliphatic heterocycles. The molecule has 0 aromatic heterocycles. The van der Waals surface area contributed by atoms with Crippen LogP contribution in [0.1, 0.15) is 19.4 Å². The minimum Gasteiger partial charge on any atom is -0.492 e. The van der Waals surface area contributed by atoms with Gasteiger partial charge in [-0.25, -0.2) is 0 Å². The smallest absolute Gasteiger partial charge is 0.122 e. The number of hydrogen-bond donors (Lipinski definition) is 2. The molecule has 110 valence electrons. The molecule has 0 radical (unpaired) electrons. The monoisotopic (exact) mass is 277 g/mol. The van der Waals surface area contributed by atoms with Gasteiger partial charge in [0.05, 0.1) is 12.7 Å². The number of nitrogen functional groups attached to an aromatic ring is 1. The van der Waals surface area contributed by atoms with Crippen LogP contribution >= 0.6 is 0 Å². The highest BCUT2D eigenvalue weighted by molar-refractivity contribution is 5.94. The summed E-state index contributed by atoms with van der Waals surface area (Å²) in [6.45, 7) is 7.55. The van der Waals surface area contributed by atoms with Gasteiger partial charge in [-0.3, -0.25) is 10.3 Å². The molecule has 1 heterocycles. The lowest BCUT2D eigenvalue weighted by Gasteiger charge is -2.36. The lowest BCUT2D eigenvalue weighted by Crippen LogP contribution is -2.48. The summed E-state index contributed by atoms with van der Waals surface area (Å²) in [5.41, 5.74) is 6.13. The van der Waals surface area contributed by atoms with E-state index in [9.17, 15) is 0 Å². The molecule has 2 unspecified atom stereocenters. The van der Waals surface area contributed by atoms with E-state index in [1.165, 1.54) is 0 Å². The van der Waals surface area contributed by atoms with Crippen molar-refractivity contribution in [3.63, 3.8) is 0 Å². The number of benzene rings is 1. The molecule has 5 nitrogen and oxygen atoms in total. The number of nitrogens with one attached hydrogen (secondary N) is 1. The molecule has 0 amide bonds. The van der Waals surface area contributed by atoms with E-state index >= 15 is 0 Å². The van der Waals surface area contributed by atoms with Gasteiger partial charge in [-0.05, 0) is 38.1 Å². The molecule has 0 saturated carbocycles. The van der Waals surface area contributed by atoms with Crippen LogP contribution in [0.4, 0.5) is 0 Å². The molecule has 20 heavy (non-hydrogen) atoms. The Kier molecular flexibility index (Phi) is 4.98. The maximum absolute atomic E-state index is 7.34. The average Bonchev–Trinajstić information content (AvgIpc) is 2.43. The highest BCUT2D eigenvalue weighted by Gasteiger charge is 2.22. The zero-order valence-electron chi connectivity index (χ0n) is 12.1. The Morgan fingerprint density at radius 2 is 2.10 bits per heavy atom. The van der Waals surface area contributed by atoms with Crippen molar-refractivity contribution in [2.45, 2.75) is 26.0 Å². The van der Waals surface area contributed by atoms with Crippen molar-refractivity contribution in [2.75, 3.05) is 26.3 Å². The third-order valence-corrected chi connectivity index (χ3v) is 3.55. The third-order valence-electron chi connectivity index (χ3n) is 3.55. The van der Waals surface area contributed by atoms with E-state index in [4.69, 9.17) is 20.6 Å². The zero-order valence-corrected chi connectivity index (χ0v) is 12.1. The highest BCUT2D eigenvalue weighted by atomic mass is 16.5. The van der Waals surface area contributed by atoms with Gasteiger partial charge in [0.15, 0.2) is 0 Å². The van der Waals surface area contributed by atoms with Crippen LogP contribution in [0, 0.1) is 5.41 Å². The van der Waals surface area contributed by atoms with Gasteiger partial charge in [0.1, 0.15) is 18.2 Å². The maximum atomic E-state index is 7.34. The molecule has 1 saturated heterocycles. The van der Waals surface area contributed by atoms with Crippen LogP contribution in [0.15, 0.2) is 24.3 Å². The Morgan fingerprint density at radius 3 is 2.75 bits per heavy atom. The van der Waals surface area contributed by atoms with E-state index in [0.717, 1.165) is 25.4 Å². The summed E-state index contributed by atoms with van der Waals surface area (Å²) < 4.78 is 11.3. The van der Waals surface area contributed by atoms with E-state index in [-0.39, 0.29) is 5.84 Å². The summed E-state index contributed by atoms with van der Waals surface area (Å²) in [6.07, 6.45) is 0.293. The minimum atomic E-state index is 0.0766. The molecule has 1 aromatic carbocycles. The maximum Gasteiger partial charge on any atom is 0.122 e. The summed E-state index contributed by atoms with van der Waals surface area (Å²) in [5, 5.41) is 7.34. The van der Waals surface area contributed by atoms with Crippen molar-refractivity contribution in [3.8, 4) is 5.75 Å². The molecule has 2 rings (SSSR count). The van der Waals surface area contributed by atoms with Gasteiger partial charge in [0.2, 0.25) is 0 Å². The first-order valence-corrected chi connectivity index (χ1v) is 6.99. The predicted octanol–water partition coefficient (Wildman–Crippen LogP) is 1.46. The first-order chi connectivity index (χ1) is 9.56. The fourth-order valence-electron chi connectivity index (χ4n) is 2.29. The lowest BCUT2D eigenvalue weighted by molar-refractivity contribution is -0.0522. The highest BCUT2D eigenvalue weighted by Crippen LogP contribution is 2.13. The van der Waals surface area contributed by atoms with Crippen LogP contribution in [0.3, 0.4) is 0 Å². The number of morpholine rings is 1. The number of hydrogen-bond acceptors (Lipinski definition) is 4. The van der Waals surface area contributed by atoms with Gasteiger partial charge in [-0.15, -0.1) is 0 Å². The van der Waals surface area contributed by atoms with Crippen LogP contribution in [0.25, 0.3) is 0 Å². The van der Waals surface area contributed by atoms with Crippen LogP contribution in [-0.4, -0.2) is 49.2 Å². The second-order valence-electron chi connectivity index (χ2n) is 5.27. The van der Waals surface area contributed by atoms with E-state index in [1.54, 1.807) is 12.1 Å². The van der Waals surface area contributed by atoms with Crippen molar-refractivity contribution >= 4 is 5.84 Å². The zero-order chi connectivity index (χ0) is 14.5. The van der Waals surface area contributed by atoms with Crippen LogP contribution < -0.4 is 10.5 Å². The van der Waals surface area contributed by atoms with Crippen LogP contribution in [0.5, 0.6) is 5.75 Å². The van der Waals surface area contributed by atoms with Crippen molar-refractivity contribution in [3.05, 3.63) is 29.8 Å². The largest absolute Gasteiger partial charge is 0.492 e. The molecule has 1 aromatic rings. The van der Waals surface area contributed by atoms with Gasteiger partial charge < -0.3 is 15.2 Å². The number of nitrogens with zero attached hydrogens (tertiary/aromatic N) is 1. The Hall–Kier alpha value is -1.59. The van der Waals surface area contributed by atoms with E-state index in [2.05, 4.69) is 18.7 Å². The minimum absolute atomic E-state index is 0.0766. The lowest BCUT2D eigenvalue weighted by atomic mass is 10.2. The Labute approximate surface area is 120 Å². The summed E-state index contributed by atoms with van der Waals surface area (Å²) in [4.78, 5) is 2.39. The summed E-state index contributed by atoms with van der Waals surface area (Å²) in [5.74, 6) is 0.886. The molecule has 1 fully saturated rings. The molecular weight excluding hydrogens is 254 g/mol. The fourth-order valence-corrected chi connectivity index (χ4v) is 2.29. The second kappa shape index (κ2) is 6.72. The first kappa shape index (κ1) is 14.8. The molecule has 1 aliphatic rings. The van der Waals surface area contributed by atoms with Gasteiger partial charge >= 0.3 is 0 Å². The standard InChI is InChI=1S/C15H23N3O2/c1-11-10-20-12(2)9-18(11)7-8-19-14-5-3-13(4-6-14)15(16)17/h3-6,11-12H,7-10H2,1-2H3,(H3,16,17). The second-order valence-corrected chi connectivity index (χ2v) is 5.27. The van der Waals surface area contributed by atoms with Gasteiger partial charge in [-0.1, -0.05) is 0 Å². The normalized spacial score (nSPS) is 23.5. The van der Waals surface area contributed by atoms with Crippen LogP contribution in [-0.2, 0) is 4.74 Å². The number of rotatable bonds is 5. The number of amidine groups is 1. The van der Waals surface area contributed by atoms with E-state index < -0.39 is 0 Å². The average molecular weight is 277 g/mol. The SMILES string of the molecule is CC1CN(CCOc2ccc(C(=N)N)cc2)C(C)CO1. The Morgan fingerprint density at radius 1 is 1.40 bits per heavy atom. The van der Waals surface area contributed by atoms with E-state index in [0.29, 0.717) is 24.3 Å². The number of nitrogens with two attached hydrogens (primary N) is 1. The van der Waals surface area contributed by atoms with Crippen molar-refractivity contribution < 1.29 is 9.47 Å². The Bertz CT molecular complexity index is 447.